The molecule has 2 aromatic heterocycles. The van der Waals surface area contributed by atoms with E-state index in [1.807, 2.05) is 24.6 Å². The van der Waals surface area contributed by atoms with E-state index in [0.29, 0.717) is 12.6 Å². The van der Waals surface area contributed by atoms with Crippen LogP contribution in [-0.2, 0) is 13.1 Å². The predicted molar refractivity (Wildman–Crippen MR) is 76.5 cm³/mol. The molecule has 2 heterocycles. The molecule has 1 N–H and O–H groups in total. The van der Waals surface area contributed by atoms with Crippen LogP contribution in [-0.4, -0.2) is 15.8 Å². The number of nitrogens with zero attached hydrogens (tertiary/aromatic N) is 2. The zero-order valence-corrected chi connectivity index (χ0v) is 12.6. The van der Waals surface area contributed by atoms with Gasteiger partial charge in [0.15, 0.2) is 0 Å². The fourth-order valence-electron chi connectivity index (χ4n) is 1.95. The summed E-state index contributed by atoms with van der Waals surface area (Å²) >= 11 is 6.16. The summed E-state index contributed by atoms with van der Waals surface area (Å²) in [7, 11) is 0. The lowest BCUT2D eigenvalue weighted by atomic mass is 10.2. The monoisotopic (exact) mass is 281 g/mol. The molecule has 0 fully saturated rings. The molecule has 2 rings (SSSR count). The second kappa shape index (κ2) is 5.80. The van der Waals surface area contributed by atoms with E-state index >= 15 is 0 Å². The zero-order chi connectivity index (χ0) is 14.0. The highest BCUT2D eigenvalue weighted by Gasteiger charge is 2.13. The van der Waals surface area contributed by atoms with Gasteiger partial charge in [0.05, 0.1) is 35.8 Å². The number of furan rings is 1. The van der Waals surface area contributed by atoms with E-state index in [-0.39, 0.29) is 0 Å². The highest BCUT2D eigenvalue weighted by atomic mass is 35.5. The van der Waals surface area contributed by atoms with Gasteiger partial charge in [0, 0.05) is 11.6 Å². The molecular weight excluding hydrogens is 262 g/mol. The lowest BCUT2D eigenvalue weighted by molar-refractivity contribution is 0.457. The predicted octanol–water partition coefficient (Wildman–Crippen LogP) is 3.29. The Balaban J connectivity index is 2.15. The molecule has 2 aromatic rings. The molecule has 5 heteroatoms. The van der Waals surface area contributed by atoms with Crippen molar-refractivity contribution in [2.75, 3.05) is 0 Å². The van der Waals surface area contributed by atoms with Gasteiger partial charge in [-0.25, -0.2) is 0 Å². The third-order valence-electron chi connectivity index (χ3n) is 3.12. The standard InChI is InChI=1S/C14H20ClN3O/c1-9(2)16-7-13-12(5-6-19-13)8-18-11(4)14(15)10(3)17-18/h5-6,9,16H,7-8H2,1-4H3. The Morgan fingerprint density at radius 1 is 1.42 bits per heavy atom. The molecular formula is C14H20ClN3O. The van der Waals surface area contributed by atoms with Crippen LogP contribution >= 0.6 is 11.6 Å². The molecule has 0 saturated heterocycles. The SMILES string of the molecule is Cc1nn(Cc2ccoc2CNC(C)C)c(C)c1Cl. The van der Waals surface area contributed by atoms with E-state index in [4.69, 9.17) is 16.0 Å². The van der Waals surface area contributed by atoms with Crippen LogP contribution in [0, 0.1) is 13.8 Å². The maximum absolute atomic E-state index is 6.16. The van der Waals surface area contributed by atoms with Crippen LogP contribution in [0.15, 0.2) is 16.7 Å². The van der Waals surface area contributed by atoms with Gasteiger partial charge in [-0.2, -0.15) is 5.10 Å². The van der Waals surface area contributed by atoms with E-state index in [1.165, 1.54) is 0 Å². The summed E-state index contributed by atoms with van der Waals surface area (Å²) in [5.41, 5.74) is 2.99. The minimum absolute atomic E-state index is 0.432. The minimum atomic E-state index is 0.432. The van der Waals surface area contributed by atoms with Gasteiger partial charge in [-0.1, -0.05) is 25.4 Å². The number of aromatic nitrogens is 2. The Kier molecular flexibility index (Phi) is 4.32. The average Bonchev–Trinajstić information content (AvgIpc) is 2.89. The van der Waals surface area contributed by atoms with Crippen molar-refractivity contribution >= 4 is 11.6 Å². The zero-order valence-electron chi connectivity index (χ0n) is 11.8. The van der Waals surface area contributed by atoms with Crippen molar-refractivity contribution in [1.82, 2.24) is 15.1 Å². The number of nitrogens with one attached hydrogen (secondary N) is 1. The summed E-state index contributed by atoms with van der Waals surface area (Å²) in [5.74, 6) is 0.956. The van der Waals surface area contributed by atoms with Crippen LogP contribution in [0.3, 0.4) is 0 Å². The summed E-state index contributed by atoms with van der Waals surface area (Å²) in [4.78, 5) is 0. The largest absolute Gasteiger partial charge is 0.468 e. The Morgan fingerprint density at radius 3 is 2.74 bits per heavy atom. The molecule has 0 bridgehead atoms. The highest BCUT2D eigenvalue weighted by Crippen LogP contribution is 2.21. The molecule has 0 radical (unpaired) electrons. The van der Waals surface area contributed by atoms with Gasteiger partial charge in [0.1, 0.15) is 5.76 Å². The molecule has 0 aliphatic rings. The first-order valence-corrected chi connectivity index (χ1v) is 6.85. The van der Waals surface area contributed by atoms with E-state index in [0.717, 1.165) is 34.3 Å². The van der Waals surface area contributed by atoms with Crippen LogP contribution in [0.5, 0.6) is 0 Å². The van der Waals surface area contributed by atoms with Crippen LogP contribution < -0.4 is 5.32 Å². The molecule has 0 saturated carbocycles. The summed E-state index contributed by atoms with van der Waals surface area (Å²) in [5, 5.41) is 8.54. The Morgan fingerprint density at radius 2 is 2.16 bits per heavy atom. The molecule has 104 valence electrons. The van der Waals surface area contributed by atoms with Crippen molar-refractivity contribution in [2.24, 2.45) is 0 Å². The van der Waals surface area contributed by atoms with Crippen molar-refractivity contribution in [3.05, 3.63) is 40.1 Å². The molecule has 0 amide bonds. The van der Waals surface area contributed by atoms with Gasteiger partial charge >= 0.3 is 0 Å². The van der Waals surface area contributed by atoms with Gasteiger partial charge in [-0.15, -0.1) is 0 Å². The van der Waals surface area contributed by atoms with E-state index < -0.39 is 0 Å². The molecule has 4 nitrogen and oxygen atoms in total. The van der Waals surface area contributed by atoms with Gasteiger partial charge in [-0.05, 0) is 19.9 Å². The fourth-order valence-corrected chi connectivity index (χ4v) is 2.09. The lowest BCUT2D eigenvalue weighted by Gasteiger charge is -2.08. The first-order valence-electron chi connectivity index (χ1n) is 6.47. The molecule has 0 aliphatic carbocycles. The molecule has 0 atom stereocenters. The number of hydrogen-bond acceptors (Lipinski definition) is 3. The second-order valence-corrected chi connectivity index (χ2v) is 5.43. The first kappa shape index (κ1) is 14.2. The number of rotatable bonds is 5. The summed E-state index contributed by atoms with van der Waals surface area (Å²) in [6.07, 6.45) is 1.72. The number of hydrogen-bond donors (Lipinski definition) is 1. The minimum Gasteiger partial charge on any atom is -0.468 e. The Labute approximate surface area is 118 Å². The summed E-state index contributed by atoms with van der Waals surface area (Å²) < 4.78 is 7.45. The van der Waals surface area contributed by atoms with Crippen LogP contribution in [0.25, 0.3) is 0 Å². The third-order valence-corrected chi connectivity index (χ3v) is 3.67. The van der Waals surface area contributed by atoms with Crippen molar-refractivity contribution in [3.63, 3.8) is 0 Å². The maximum Gasteiger partial charge on any atom is 0.122 e. The Bertz CT molecular complexity index is 557. The van der Waals surface area contributed by atoms with Gasteiger partial charge in [0.2, 0.25) is 0 Å². The Hall–Kier alpha value is -1.26. The van der Waals surface area contributed by atoms with E-state index in [1.54, 1.807) is 6.26 Å². The molecule has 0 unspecified atom stereocenters. The normalized spacial score (nSPS) is 11.5. The lowest BCUT2D eigenvalue weighted by Crippen LogP contribution is -2.22. The van der Waals surface area contributed by atoms with E-state index in [9.17, 15) is 0 Å². The van der Waals surface area contributed by atoms with Gasteiger partial charge in [-0.3, -0.25) is 4.68 Å². The number of halogens is 1. The molecule has 0 aromatic carbocycles. The second-order valence-electron chi connectivity index (χ2n) is 5.05. The summed E-state index contributed by atoms with van der Waals surface area (Å²) in [6.45, 7) is 9.54. The van der Waals surface area contributed by atoms with Crippen LogP contribution in [0.4, 0.5) is 0 Å². The summed E-state index contributed by atoms with van der Waals surface area (Å²) in [6, 6.07) is 2.42. The van der Waals surface area contributed by atoms with Crippen molar-refractivity contribution in [3.8, 4) is 0 Å². The maximum atomic E-state index is 6.16. The average molecular weight is 282 g/mol. The van der Waals surface area contributed by atoms with E-state index in [2.05, 4.69) is 24.3 Å². The van der Waals surface area contributed by atoms with Crippen molar-refractivity contribution < 1.29 is 4.42 Å². The molecule has 0 spiro atoms. The van der Waals surface area contributed by atoms with Crippen molar-refractivity contribution in [1.29, 1.82) is 0 Å². The highest BCUT2D eigenvalue weighted by molar-refractivity contribution is 6.31. The topological polar surface area (TPSA) is 43.0 Å². The van der Waals surface area contributed by atoms with Crippen LogP contribution in [0.2, 0.25) is 5.02 Å². The smallest absolute Gasteiger partial charge is 0.122 e. The van der Waals surface area contributed by atoms with Crippen LogP contribution in [0.1, 0.15) is 36.6 Å². The first-order chi connectivity index (χ1) is 8.99. The van der Waals surface area contributed by atoms with Gasteiger partial charge < -0.3 is 9.73 Å². The fraction of sp³-hybridized carbons (Fsp3) is 0.500. The molecule has 0 aliphatic heterocycles. The number of aryl methyl sites for hydroxylation is 1. The van der Waals surface area contributed by atoms with Gasteiger partial charge in [0.25, 0.3) is 0 Å². The third kappa shape index (κ3) is 3.19. The van der Waals surface area contributed by atoms with Crippen molar-refractivity contribution in [2.45, 2.75) is 46.8 Å². The quantitative estimate of drug-likeness (QED) is 0.914. The molecule has 19 heavy (non-hydrogen) atoms.